The van der Waals surface area contributed by atoms with E-state index in [4.69, 9.17) is 0 Å². The van der Waals surface area contributed by atoms with E-state index in [1.807, 2.05) is 36.4 Å². The van der Waals surface area contributed by atoms with Crippen molar-refractivity contribution in [3.8, 4) is 5.69 Å². The maximum absolute atomic E-state index is 11.1. The monoisotopic (exact) mass is 239 g/mol. The molecule has 0 spiro atoms. The summed E-state index contributed by atoms with van der Waals surface area (Å²) in [7, 11) is 0. The lowest BCUT2D eigenvalue weighted by Gasteiger charge is -2.03. The third-order valence-electron chi connectivity index (χ3n) is 2.77. The molecule has 5 heteroatoms. The number of nitrogens with zero attached hydrogens (tertiary/aromatic N) is 3. The van der Waals surface area contributed by atoms with Gasteiger partial charge in [0, 0.05) is 11.5 Å². The van der Waals surface area contributed by atoms with E-state index in [0.717, 1.165) is 11.1 Å². The van der Waals surface area contributed by atoms with Crippen LogP contribution in [0.5, 0.6) is 0 Å². The lowest BCUT2D eigenvalue weighted by atomic mass is 10.2. The Morgan fingerprint density at radius 1 is 1.06 bits per heavy atom. The molecule has 0 unspecified atom stereocenters. The van der Waals surface area contributed by atoms with E-state index in [-0.39, 0.29) is 10.6 Å². The van der Waals surface area contributed by atoms with Crippen molar-refractivity contribution in [2.45, 2.75) is 0 Å². The molecule has 2 aromatic carbocycles. The first-order valence-electron chi connectivity index (χ1n) is 5.44. The molecule has 1 aromatic heterocycles. The second-order valence-corrected chi connectivity index (χ2v) is 3.86. The normalized spacial score (nSPS) is 10.7. The Bertz CT molecular complexity index is 719. The smallest absolute Gasteiger partial charge is 0.258 e. The van der Waals surface area contributed by atoms with Gasteiger partial charge in [-0.15, -0.1) is 0 Å². The highest BCUT2D eigenvalue weighted by Gasteiger charge is 2.16. The molecule has 0 aliphatic heterocycles. The summed E-state index contributed by atoms with van der Waals surface area (Å²) < 4.78 is 1.59. The minimum Gasteiger partial charge on any atom is -0.258 e. The molecule has 3 aromatic rings. The maximum Gasteiger partial charge on any atom is 0.295 e. The predicted molar refractivity (Wildman–Crippen MR) is 67.7 cm³/mol. The number of para-hydroxylation sites is 2. The summed E-state index contributed by atoms with van der Waals surface area (Å²) in [5.74, 6) is 0. The molecule has 0 aliphatic carbocycles. The lowest BCUT2D eigenvalue weighted by molar-refractivity contribution is -0.383. The summed E-state index contributed by atoms with van der Waals surface area (Å²) in [4.78, 5) is 10.7. The molecule has 1 heterocycles. The van der Waals surface area contributed by atoms with Gasteiger partial charge in [0.05, 0.1) is 16.8 Å². The highest BCUT2D eigenvalue weighted by molar-refractivity contribution is 5.88. The Balaban J connectivity index is 2.35. The van der Waals surface area contributed by atoms with E-state index in [0.29, 0.717) is 5.52 Å². The molecule has 0 fully saturated rings. The summed E-state index contributed by atoms with van der Waals surface area (Å²) in [6.07, 6.45) is 1.63. The van der Waals surface area contributed by atoms with Crippen molar-refractivity contribution < 1.29 is 4.92 Å². The number of hydrogen-bond acceptors (Lipinski definition) is 3. The highest BCUT2D eigenvalue weighted by atomic mass is 16.6. The van der Waals surface area contributed by atoms with Gasteiger partial charge in [0.1, 0.15) is 0 Å². The van der Waals surface area contributed by atoms with Gasteiger partial charge in [-0.2, -0.15) is 5.10 Å². The molecule has 0 amide bonds. The standard InChI is InChI=1S/C13H9N3O2/c17-16(18)12-8-4-5-10-9-14-15(13(10)12)11-6-2-1-3-7-11/h1-9H. The van der Waals surface area contributed by atoms with Gasteiger partial charge in [0.25, 0.3) is 5.69 Å². The van der Waals surface area contributed by atoms with Crippen LogP contribution in [0.4, 0.5) is 5.69 Å². The molecular weight excluding hydrogens is 230 g/mol. The number of nitro groups is 1. The molecule has 0 radical (unpaired) electrons. The SMILES string of the molecule is O=[N+]([O-])c1cccc2cnn(-c3ccccc3)c12. The number of aromatic nitrogens is 2. The lowest BCUT2D eigenvalue weighted by Crippen LogP contribution is -1.98. The van der Waals surface area contributed by atoms with Gasteiger partial charge in [0.2, 0.25) is 0 Å². The third kappa shape index (κ3) is 1.53. The van der Waals surface area contributed by atoms with Gasteiger partial charge in [0.15, 0.2) is 5.52 Å². The van der Waals surface area contributed by atoms with E-state index in [1.54, 1.807) is 16.9 Å². The Morgan fingerprint density at radius 2 is 1.83 bits per heavy atom. The second-order valence-electron chi connectivity index (χ2n) is 3.86. The molecule has 0 saturated carbocycles. The molecule has 3 rings (SSSR count). The van der Waals surface area contributed by atoms with Gasteiger partial charge in [-0.1, -0.05) is 30.3 Å². The van der Waals surface area contributed by atoms with Crippen LogP contribution in [-0.2, 0) is 0 Å². The average molecular weight is 239 g/mol. The molecule has 88 valence electrons. The summed E-state index contributed by atoms with van der Waals surface area (Å²) in [5.41, 5.74) is 1.39. The number of rotatable bonds is 2. The fraction of sp³-hybridized carbons (Fsp3) is 0. The maximum atomic E-state index is 11.1. The average Bonchev–Trinajstić information content (AvgIpc) is 2.83. The van der Waals surface area contributed by atoms with Crippen molar-refractivity contribution in [2.24, 2.45) is 0 Å². The topological polar surface area (TPSA) is 61.0 Å². The fourth-order valence-corrected chi connectivity index (χ4v) is 1.97. The van der Waals surface area contributed by atoms with Gasteiger partial charge in [-0.25, -0.2) is 4.68 Å². The zero-order valence-corrected chi connectivity index (χ0v) is 9.35. The first-order valence-corrected chi connectivity index (χ1v) is 5.44. The summed E-state index contributed by atoms with van der Waals surface area (Å²) in [6.45, 7) is 0. The van der Waals surface area contributed by atoms with Gasteiger partial charge >= 0.3 is 0 Å². The van der Waals surface area contributed by atoms with Crippen molar-refractivity contribution in [1.82, 2.24) is 9.78 Å². The third-order valence-corrected chi connectivity index (χ3v) is 2.77. The van der Waals surface area contributed by atoms with Crippen LogP contribution in [0.3, 0.4) is 0 Å². The van der Waals surface area contributed by atoms with Crippen LogP contribution in [-0.4, -0.2) is 14.7 Å². The quantitative estimate of drug-likeness (QED) is 0.510. The zero-order valence-electron chi connectivity index (χ0n) is 9.35. The van der Waals surface area contributed by atoms with E-state index in [9.17, 15) is 10.1 Å². The van der Waals surface area contributed by atoms with Crippen LogP contribution in [0.15, 0.2) is 54.7 Å². The Morgan fingerprint density at radius 3 is 2.56 bits per heavy atom. The summed E-state index contributed by atoms with van der Waals surface area (Å²) >= 11 is 0. The second kappa shape index (κ2) is 3.96. The Hall–Kier alpha value is -2.69. The van der Waals surface area contributed by atoms with Crippen molar-refractivity contribution in [3.63, 3.8) is 0 Å². The minimum atomic E-state index is -0.385. The molecular formula is C13H9N3O2. The van der Waals surface area contributed by atoms with Crippen LogP contribution >= 0.6 is 0 Å². The van der Waals surface area contributed by atoms with Crippen molar-refractivity contribution >= 4 is 16.6 Å². The van der Waals surface area contributed by atoms with Crippen LogP contribution < -0.4 is 0 Å². The number of hydrogen-bond donors (Lipinski definition) is 0. The van der Waals surface area contributed by atoms with Crippen molar-refractivity contribution in [3.05, 3.63) is 64.8 Å². The van der Waals surface area contributed by atoms with Crippen molar-refractivity contribution in [1.29, 1.82) is 0 Å². The molecule has 0 atom stereocenters. The molecule has 0 saturated heterocycles. The first kappa shape index (κ1) is 10.5. The molecule has 5 nitrogen and oxygen atoms in total. The number of fused-ring (bicyclic) bond motifs is 1. The number of non-ortho nitro benzene ring substituents is 1. The van der Waals surface area contributed by atoms with Gasteiger partial charge in [-0.3, -0.25) is 10.1 Å². The van der Waals surface area contributed by atoms with Gasteiger partial charge in [-0.05, 0) is 12.1 Å². The summed E-state index contributed by atoms with van der Waals surface area (Å²) in [5, 5.41) is 16.0. The summed E-state index contributed by atoms with van der Waals surface area (Å²) in [6, 6.07) is 14.3. The van der Waals surface area contributed by atoms with Crippen LogP contribution in [0.25, 0.3) is 16.6 Å². The molecule has 0 bridgehead atoms. The molecule has 0 aliphatic rings. The Labute approximate surface area is 102 Å². The Kier molecular flexibility index (Phi) is 2.30. The van der Waals surface area contributed by atoms with Crippen molar-refractivity contribution in [2.75, 3.05) is 0 Å². The van der Waals surface area contributed by atoms with E-state index < -0.39 is 0 Å². The largest absolute Gasteiger partial charge is 0.295 e. The van der Waals surface area contributed by atoms with E-state index in [1.165, 1.54) is 6.07 Å². The van der Waals surface area contributed by atoms with E-state index >= 15 is 0 Å². The first-order chi connectivity index (χ1) is 8.77. The fourth-order valence-electron chi connectivity index (χ4n) is 1.97. The van der Waals surface area contributed by atoms with Crippen LogP contribution in [0.2, 0.25) is 0 Å². The predicted octanol–water partition coefficient (Wildman–Crippen LogP) is 2.93. The highest BCUT2D eigenvalue weighted by Crippen LogP contribution is 2.27. The van der Waals surface area contributed by atoms with Crippen LogP contribution in [0.1, 0.15) is 0 Å². The van der Waals surface area contributed by atoms with Gasteiger partial charge < -0.3 is 0 Å². The number of benzene rings is 2. The van der Waals surface area contributed by atoms with E-state index in [2.05, 4.69) is 5.10 Å². The zero-order chi connectivity index (χ0) is 12.5. The molecule has 18 heavy (non-hydrogen) atoms. The van der Waals surface area contributed by atoms with Crippen LogP contribution in [0, 0.1) is 10.1 Å². The minimum absolute atomic E-state index is 0.0638. The molecule has 0 N–H and O–H groups in total. The number of nitro benzene ring substituents is 1.